The monoisotopic (exact) mass is 907 g/mol. The molecule has 0 amide bonds. The lowest BCUT2D eigenvalue weighted by molar-refractivity contribution is -0.187. The van der Waals surface area contributed by atoms with Gasteiger partial charge in [0.05, 0.1) is 25.1 Å². The molecule has 3 heterocycles. The second-order valence-corrected chi connectivity index (χ2v) is 30.0. The summed E-state index contributed by atoms with van der Waals surface area (Å²) >= 11 is 0. The van der Waals surface area contributed by atoms with Crippen LogP contribution in [0.3, 0.4) is 0 Å². The second-order valence-electron chi connectivity index (χ2n) is 20.4. The molecule has 0 bridgehead atoms. The van der Waals surface area contributed by atoms with Gasteiger partial charge in [0.15, 0.2) is 51.9 Å². The highest BCUT2D eigenvalue weighted by Crippen LogP contribution is 2.50. The molecule has 0 radical (unpaired) electrons. The van der Waals surface area contributed by atoms with E-state index < -0.39 is 65.1 Å². The molecule has 1 unspecified atom stereocenters. The number of nitrogens with zero attached hydrogens (tertiary/aromatic N) is 4. The summed E-state index contributed by atoms with van der Waals surface area (Å²) in [5.74, 6) is -1.49. The Morgan fingerprint density at radius 3 is 2.05 bits per heavy atom. The molecule has 2 aliphatic rings. The minimum absolute atomic E-state index is 0.0181. The van der Waals surface area contributed by atoms with Gasteiger partial charge in [0.1, 0.15) is 18.7 Å². The third kappa shape index (κ3) is 8.27. The molecule has 1 aliphatic heterocycles. The number of ether oxygens (including phenoxy) is 4. The number of hydrogen-bond donors (Lipinski definition) is 1. The van der Waals surface area contributed by atoms with E-state index in [0.717, 1.165) is 32.3 Å². The third-order valence-electron chi connectivity index (χ3n) is 14.0. The molecule has 0 spiro atoms. The molecule has 14 nitrogen and oxygen atoms in total. The fraction of sp³-hybridized carbons (Fsp3) is 0.500. The Labute approximate surface area is 376 Å². The lowest BCUT2D eigenvalue weighted by atomic mass is 9.77. The highest BCUT2D eigenvalue weighted by atomic mass is 28.4. The quantitative estimate of drug-likeness (QED) is 0.0566. The van der Waals surface area contributed by atoms with Crippen LogP contribution in [-0.4, -0.2) is 85.1 Å². The van der Waals surface area contributed by atoms with E-state index in [1.165, 1.54) is 27.1 Å². The number of carbonyl (C=O) groups excluding carboxylic acids is 3. The first-order valence-electron chi connectivity index (χ1n) is 22.1. The highest BCUT2D eigenvalue weighted by molar-refractivity contribution is 6.74. The van der Waals surface area contributed by atoms with Gasteiger partial charge in [0.2, 0.25) is 0 Å². The van der Waals surface area contributed by atoms with E-state index >= 15 is 0 Å². The van der Waals surface area contributed by atoms with Crippen molar-refractivity contribution < 1.29 is 42.2 Å². The average molecular weight is 908 g/mol. The van der Waals surface area contributed by atoms with Crippen LogP contribution >= 0.6 is 0 Å². The van der Waals surface area contributed by atoms with Crippen molar-refractivity contribution in [3.63, 3.8) is 0 Å². The summed E-state index contributed by atoms with van der Waals surface area (Å²) in [5, 5.41) is 9.53. The second kappa shape index (κ2) is 16.5. The van der Waals surface area contributed by atoms with Crippen LogP contribution in [0.25, 0.3) is 43.5 Å². The molecule has 1 fully saturated rings. The molecule has 7 atom stereocenters. The van der Waals surface area contributed by atoms with Crippen molar-refractivity contribution in [2.75, 3.05) is 11.9 Å². The van der Waals surface area contributed by atoms with Crippen LogP contribution in [0.2, 0.25) is 36.3 Å². The molecule has 2 aromatic heterocycles. The number of imidazole rings is 1. The number of carbonyl (C=O) groups is 3. The van der Waals surface area contributed by atoms with Crippen LogP contribution in [0.4, 0.5) is 5.82 Å². The average Bonchev–Trinajstić information content (AvgIpc) is 3.81. The summed E-state index contributed by atoms with van der Waals surface area (Å²) in [6, 6.07) is 15.5. The van der Waals surface area contributed by atoms with Crippen molar-refractivity contribution in [2.24, 2.45) is 0 Å². The zero-order valence-corrected chi connectivity index (χ0v) is 41.2. The molecule has 1 saturated heterocycles. The van der Waals surface area contributed by atoms with Gasteiger partial charge in [-0.1, -0.05) is 84.0 Å². The fourth-order valence-electron chi connectivity index (χ4n) is 8.77. The number of fused-ring (bicyclic) bond motifs is 3. The summed E-state index contributed by atoms with van der Waals surface area (Å²) < 4.78 is 40.7. The molecule has 1 aliphatic carbocycles. The first kappa shape index (κ1) is 45.6. The van der Waals surface area contributed by atoms with Crippen LogP contribution < -0.4 is 5.32 Å². The molecular formula is C48H61N5O9Si2. The Morgan fingerprint density at radius 2 is 1.41 bits per heavy atom. The molecular weight excluding hydrogens is 847 g/mol. The van der Waals surface area contributed by atoms with Gasteiger partial charge in [0, 0.05) is 32.8 Å². The Balaban J connectivity index is 1.24. The molecule has 0 saturated carbocycles. The largest absolute Gasteiger partial charge is 0.456 e. The molecule has 8 rings (SSSR count). The molecule has 340 valence electrons. The standard InChI is InChI=1S/C48H61N5O9Si2/c1-26(54)58-42-33-21-31-18-17-29-15-14-16-30-19-20-32(38(31)37(29)30)39(33)40(43(59-27(2)55)44(42)60-28(3)56)52-45-41-46(50-24-49-45)53(25-51-41)36-22-34(62-64(12,13)48(7,8)9)35(61-36)23-57-63(10,11)47(4,5)6/h14-21,24-25,34-36,40,42-44H,22-23H2,1-13H3,(H,49,50,52)/t34-,35+,36+,40+,42+,43?,44-/m0/s1. The predicted octanol–water partition coefficient (Wildman–Crippen LogP) is 10.1. The van der Waals surface area contributed by atoms with E-state index in [1.54, 1.807) is 6.33 Å². The number of aromatic nitrogens is 4. The lowest BCUT2D eigenvalue weighted by Crippen LogP contribution is -2.50. The number of benzene rings is 4. The van der Waals surface area contributed by atoms with Crippen molar-refractivity contribution in [2.45, 2.75) is 148 Å². The normalized spacial score (nSPS) is 23.2. The van der Waals surface area contributed by atoms with E-state index in [4.69, 9.17) is 42.8 Å². The Bertz CT molecular complexity index is 2740. The number of nitrogens with one attached hydrogen (secondary N) is 1. The van der Waals surface area contributed by atoms with Gasteiger partial charge < -0.3 is 33.1 Å². The van der Waals surface area contributed by atoms with Crippen LogP contribution in [0.5, 0.6) is 0 Å². The first-order valence-corrected chi connectivity index (χ1v) is 27.9. The molecule has 1 N–H and O–H groups in total. The summed E-state index contributed by atoms with van der Waals surface area (Å²) in [6.07, 6.45) is -0.823. The molecule has 64 heavy (non-hydrogen) atoms. The van der Waals surface area contributed by atoms with E-state index in [2.05, 4.69) is 97.3 Å². The van der Waals surface area contributed by atoms with Gasteiger partial charge in [-0.2, -0.15) is 0 Å². The van der Waals surface area contributed by atoms with Gasteiger partial charge in [0.25, 0.3) is 0 Å². The summed E-state index contributed by atoms with van der Waals surface area (Å²) in [6.45, 7) is 26.6. The van der Waals surface area contributed by atoms with Crippen molar-refractivity contribution in [3.8, 4) is 0 Å². The Hall–Kier alpha value is -5.01. The van der Waals surface area contributed by atoms with Gasteiger partial charge >= 0.3 is 17.9 Å². The number of rotatable bonds is 11. The lowest BCUT2D eigenvalue weighted by Gasteiger charge is -2.43. The predicted molar refractivity (Wildman–Crippen MR) is 251 cm³/mol. The number of anilines is 1. The van der Waals surface area contributed by atoms with E-state index in [1.807, 2.05) is 28.8 Å². The summed E-state index contributed by atoms with van der Waals surface area (Å²) in [5.41, 5.74) is 2.26. The van der Waals surface area contributed by atoms with E-state index in [9.17, 15) is 14.4 Å². The summed E-state index contributed by atoms with van der Waals surface area (Å²) in [4.78, 5) is 53.1. The first-order chi connectivity index (χ1) is 30.0. The van der Waals surface area contributed by atoms with Gasteiger partial charge in [-0.3, -0.25) is 19.0 Å². The fourth-order valence-corrected chi connectivity index (χ4v) is 11.1. The maximum Gasteiger partial charge on any atom is 0.303 e. The smallest absolute Gasteiger partial charge is 0.303 e. The Kier molecular flexibility index (Phi) is 11.7. The summed E-state index contributed by atoms with van der Waals surface area (Å²) in [7, 11) is -4.34. The van der Waals surface area contributed by atoms with Crippen molar-refractivity contribution in [3.05, 3.63) is 72.3 Å². The van der Waals surface area contributed by atoms with Crippen LogP contribution in [0.1, 0.15) is 98.2 Å². The van der Waals surface area contributed by atoms with Gasteiger partial charge in [-0.25, -0.2) is 15.0 Å². The maximum atomic E-state index is 13.1. The Morgan fingerprint density at radius 1 is 0.781 bits per heavy atom. The molecule has 4 aromatic carbocycles. The minimum atomic E-state index is -2.22. The third-order valence-corrected chi connectivity index (χ3v) is 23.0. The highest BCUT2D eigenvalue weighted by Gasteiger charge is 2.51. The van der Waals surface area contributed by atoms with Crippen LogP contribution in [-0.2, 0) is 42.2 Å². The number of hydrogen-bond acceptors (Lipinski definition) is 13. The van der Waals surface area contributed by atoms with Crippen LogP contribution in [0, 0.1) is 0 Å². The maximum absolute atomic E-state index is 13.1. The minimum Gasteiger partial charge on any atom is -0.456 e. The van der Waals surface area contributed by atoms with Crippen molar-refractivity contribution >= 4 is 83.8 Å². The zero-order chi connectivity index (χ0) is 46.3. The van der Waals surface area contributed by atoms with Gasteiger partial charge in [-0.05, 0) is 80.2 Å². The van der Waals surface area contributed by atoms with Crippen molar-refractivity contribution in [1.82, 2.24) is 19.5 Å². The van der Waals surface area contributed by atoms with E-state index in [-0.39, 0.29) is 22.3 Å². The molecule has 6 aromatic rings. The van der Waals surface area contributed by atoms with E-state index in [0.29, 0.717) is 41.1 Å². The van der Waals surface area contributed by atoms with Crippen LogP contribution in [0.15, 0.2) is 61.2 Å². The topological polar surface area (TPSA) is 162 Å². The molecule has 16 heteroatoms. The zero-order valence-electron chi connectivity index (χ0n) is 39.2. The number of esters is 3. The SMILES string of the molecule is CC(=O)OC1[C@H](Nc2ncnc3c2ncn3[C@H]2C[C@H](O[Si](C)(C)C(C)(C)C)[C@@H](CO[Si](C)(C)C(C)(C)C)O2)c2c(cc3ccc4cccc5ccc2c3c45)[C@@H](OC(C)=O)[C@@H]1OC(C)=O. The van der Waals surface area contributed by atoms with Crippen molar-refractivity contribution in [1.29, 1.82) is 0 Å². The van der Waals surface area contributed by atoms with Gasteiger partial charge in [-0.15, -0.1) is 0 Å².